The second-order valence-electron chi connectivity index (χ2n) is 14.1. The van der Waals surface area contributed by atoms with Crippen LogP contribution in [0.2, 0.25) is 19.6 Å². The van der Waals surface area contributed by atoms with E-state index < -0.39 is 15.3 Å². The minimum atomic E-state index is -1.19. The lowest BCUT2D eigenvalue weighted by Gasteiger charge is -2.43. The van der Waals surface area contributed by atoms with Crippen molar-refractivity contribution in [3.63, 3.8) is 0 Å². The van der Waals surface area contributed by atoms with E-state index in [4.69, 9.17) is 0 Å². The average molecular weight is 528 g/mol. The normalized spacial score (nSPS) is 13.8. The maximum atomic E-state index is 2.73. The molecule has 0 radical (unpaired) electrons. The molecule has 0 aliphatic rings. The van der Waals surface area contributed by atoms with E-state index in [9.17, 15) is 0 Å². The van der Waals surface area contributed by atoms with E-state index >= 15 is 0 Å². The molecule has 0 aromatic heterocycles. The van der Waals surface area contributed by atoms with Crippen molar-refractivity contribution < 1.29 is 0 Å². The molecule has 0 amide bonds. The fraction of sp³-hybridized carbons (Fsp3) is 1.00. The third-order valence-corrected chi connectivity index (χ3v) is 20.1. The van der Waals surface area contributed by atoms with Crippen LogP contribution in [0.25, 0.3) is 0 Å². The maximum absolute atomic E-state index is 2.73. The molecule has 0 aromatic rings. The largest absolute Gasteiger partial charge is 0.0927 e. The summed E-state index contributed by atoms with van der Waals surface area (Å²) in [5, 5.41) is 1.11. The van der Waals surface area contributed by atoms with Crippen molar-refractivity contribution >= 4 is 15.3 Å². The molecule has 212 valence electrons. The van der Waals surface area contributed by atoms with Gasteiger partial charge in [-0.15, -0.1) is 0 Å². The second-order valence-corrected chi connectivity index (χ2v) is 24.2. The number of unbranched alkanes of at least 4 members (excludes halogenated alkanes) is 15. The predicted molar refractivity (Wildman–Crippen MR) is 173 cm³/mol. The molecule has 35 heavy (non-hydrogen) atoms. The number of rotatable bonds is 25. The van der Waals surface area contributed by atoms with Crippen molar-refractivity contribution in [2.75, 3.05) is 18.5 Å². The maximum Gasteiger partial charge on any atom is 0.0927 e. The van der Waals surface area contributed by atoms with Gasteiger partial charge >= 0.3 is 0 Å². The Morgan fingerprint density at radius 2 is 0.829 bits per heavy atom. The van der Waals surface area contributed by atoms with E-state index in [2.05, 4.69) is 61.2 Å². The van der Waals surface area contributed by atoms with Gasteiger partial charge in [-0.05, 0) is 37.5 Å². The monoisotopic (exact) mass is 528 g/mol. The zero-order chi connectivity index (χ0) is 26.6. The van der Waals surface area contributed by atoms with Gasteiger partial charge in [-0.2, -0.15) is 0 Å². The quantitative estimate of drug-likeness (QED) is 0.0629. The Balaban J connectivity index is 5.05. The van der Waals surface area contributed by atoms with E-state index in [1.165, 1.54) is 109 Å². The minimum absolute atomic E-state index is 0.873. The lowest BCUT2D eigenvalue weighted by molar-refractivity contribution is 0.558. The van der Waals surface area contributed by atoms with Gasteiger partial charge in [0.15, 0.2) is 0 Å². The lowest BCUT2D eigenvalue weighted by atomic mass is 10.1. The fourth-order valence-corrected chi connectivity index (χ4v) is 21.3. The Morgan fingerprint density at radius 3 is 1.17 bits per heavy atom. The molecule has 0 aromatic carbocycles. The highest BCUT2D eigenvalue weighted by Gasteiger charge is 2.51. The first-order valence-corrected chi connectivity index (χ1v) is 22.4. The summed E-state index contributed by atoms with van der Waals surface area (Å²) in [4.78, 5) is 0. The van der Waals surface area contributed by atoms with Gasteiger partial charge in [-0.25, -0.2) is 0 Å². The summed E-state index contributed by atoms with van der Waals surface area (Å²) in [7, 11) is -2.11. The molecule has 0 spiro atoms. The van der Waals surface area contributed by atoms with Gasteiger partial charge in [0.25, 0.3) is 0 Å². The SMILES string of the molecule is CCCCCCCCCCCC([Si](C)(C)C)[P+](CCCCCCCCCC)(CC(C)C)CC(C)C. The molecule has 0 saturated heterocycles. The smallest absolute Gasteiger partial charge is 0.0661 e. The standard InChI is InChI=1S/C33H72PSi/c1-10-12-14-16-18-20-21-23-25-27-33(35(7,8)9)34(29-31(3)4,30-32(5)6)28-26-24-22-19-17-15-13-11-2/h31-33H,10-30H2,1-9H3/q+1. The van der Waals surface area contributed by atoms with Crippen LogP contribution in [0, 0.1) is 11.8 Å². The van der Waals surface area contributed by atoms with Crippen molar-refractivity contribution in [2.45, 2.75) is 182 Å². The van der Waals surface area contributed by atoms with Gasteiger partial charge in [0, 0.05) is 7.26 Å². The van der Waals surface area contributed by atoms with Crippen LogP contribution >= 0.6 is 7.26 Å². The second kappa shape index (κ2) is 21.6. The summed E-state index contributed by atoms with van der Waals surface area (Å²) in [5.41, 5.74) is 0. The Hall–Kier alpha value is 0.647. The van der Waals surface area contributed by atoms with Crippen LogP contribution in [-0.4, -0.2) is 31.8 Å². The summed E-state index contributed by atoms with van der Waals surface area (Å²) in [6.45, 7) is 23.0. The Bertz CT molecular complexity index is 441. The van der Waals surface area contributed by atoms with Crippen LogP contribution in [0.3, 0.4) is 0 Å². The molecule has 2 heteroatoms. The van der Waals surface area contributed by atoms with Gasteiger partial charge in [-0.1, -0.05) is 151 Å². The minimum Gasteiger partial charge on any atom is -0.0661 e. The van der Waals surface area contributed by atoms with Gasteiger partial charge in [0.2, 0.25) is 0 Å². The van der Waals surface area contributed by atoms with Crippen LogP contribution in [0.5, 0.6) is 0 Å². The Morgan fingerprint density at radius 1 is 0.486 bits per heavy atom. The first kappa shape index (κ1) is 35.6. The van der Waals surface area contributed by atoms with Crippen LogP contribution in [-0.2, 0) is 0 Å². The van der Waals surface area contributed by atoms with E-state index in [1.807, 2.05) is 0 Å². The van der Waals surface area contributed by atoms with Crippen molar-refractivity contribution in [1.29, 1.82) is 0 Å². The van der Waals surface area contributed by atoms with Crippen molar-refractivity contribution in [2.24, 2.45) is 11.8 Å². The molecule has 0 heterocycles. The lowest BCUT2D eigenvalue weighted by Crippen LogP contribution is -2.43. The van der Waals surface area contributed by atoms with E-state index in [-0.39, 0.29) is 0 Å². The summed E-state index contributed by atoms with van der Waals surface area (Å²) < 4.78 is 0. The van der Waals surface area contributed by atoms with Crippen LogP contribution in [0.15, 0.2) is 0 Å². The van der Waals surface area contributed by atoms with E-state index in [0.29, 0.717) is 0 Å². The van der Waals surface area contributed by atoms with Crippen molar-refractivity contribution in [3.05, 3.63) is 0 Å². The van der Waals surface area contributed by atoms with Crippen molar-refractivity contribution in [1.82, 2.24) is 0 Å². The zero-order valence-corrected chi connectivity index (χ0v) is 28.4. The summed E-state index contributed by atoms with van der Waals surface area (Å²) >= 11 is 0. The van der Waals surface area contributed by atoms with Crippen LogP contribution < -0.4 is 0 Å². The highest BCUT2D eigenvalue weighted by molar-refractivity contribution is 7.78. The molecule has 1 atom stereocenters. The number of hydrogen-bond acceptors (Lipinski definition) is 0. The van der Waals surface area contributed by atoms with Gasteiger partial charge in [0.1, 0.15) is 0 Å². The van der Waals surface area contributed by atoms with Gasteiger partial charge in [-0.3, -0.25) is 0 Å². The summed E-state index contributed by atoms with van der Waals surface area (Å²) in [6, 6.07) is 0. The Labute approximate surface area is 227 Å². The number of hydrogen-bond donors (Lipinski definition) is 0. The first-order chi connectivity index (χ1) is 16.6. The molecule has 0 saturated carbocycles. The van der Waals surface area contributed by atoms with E-state index in [1.54, 1.807) is 24.9 Å². The molecule has 1 unspecified atom stereocenters. The average Bonchev–Trinajstić information content (AvgIpc) is 2.75. The predicted octanol–water partition coefficient (Wildman–Crippen LogP) is 12.6. The third kappa shape index (κ3) is 18.5. The first-order valence-electron chi connectivity index (χ1n) is 16.4. The Kier molecular flexibility index (Phi) is 22.0. The van der Waals surface area contributed by atoms with Gasteiger partial charge in [0.05, 0.1) is 31.8 Å². The van der Waals surface area contributed by atoms with Gasteiger partial charge < -0.3 is 0 Å². The van der Waals surface area contributed by atoms with Crippen molar-refractivity contribution in [3.8, 4) is 0 Å². The molecule has 0 fully saturated rings. The topological polar surface area (TPSA) is 0 Å². The third-order valence-electron chi connectivity index (χ3n) is 8.16. The van der Waals surface area contributed by atoms with E-state index in [0.717, 1.165) is 17.1 Å². The molecular formula is C33H72PSi+. The highest BCUT2D eigenvalue weighted by atomic mass is 31.2. The van der Waals surface area contributed by atoms with Crippen LogP contribution in [0.4, 0.5) is 0 Å². The molecule has 0 bridgehead atoms. The molecular weight excluding hydrogens is 455 g/mol. The molecule has 0 aliphatic heterocycles. The molecule has 0 nitrogen and oxygen atoms in total. The highest BCUT2D eigenvalue weighted by Crippen LogP contribution is 2.68. The zero-order valence-electron chi connectivity index (χ0n) is 26.5. The molecule has 0 N–H and O–H groups in total. The molecule has 0 aliphatic carbocycles. The summed E-state index contributed by atoms with van der Waals surface area (Å²) in [5.74, 6) is 1.75. The summed E-state index contributed by atoms with van der Waals surface area (Å²) in [6.07, 6.45) is 31.3. The fourth-order valence-electron chi connectivity index (χ4n) is 6.86. The molecule has 0 rings (SSSR count). The van der Waals surface area contributed by atoms with Crippen LogP contribution in [0.1, 0.15) is 157 Å².